The molecule has 0 saturated heterocycles. The summed E-state index contributed by atoms with van der Waals surface area (Å²) in [4.78, 5) is 0. The Morgan fingerprint density at radius 2 is 0.550 bits per heavy atom. The van der Waals surface area contributed by atoms with Gasteiger partial charge in [-0.3, -0.25) is 0 Å². The smallest absolute Gasteiger partial charge is 0.110 e. The fraction of sp³-hybridized carbons (Fsp3) is 1.00. The number of aliphatic hydroxyl groups is 10. The minimum Gasteiger partial charge on any atom is -0.394 e. The van der Waals surface area contributed by atoms with Crippen molar-refractivity contribution in [2.24, 2.45) is 0 Å². The van der Waals surface area contributed by atoms with Crippen molar-refractivity contribution in [3.05, 3.63) is 0 Å². The monoisotopic (exact) mass is 304 g/mol. The van der Waals surface area contributed by atoms with E-state index in [0.717, 1.165) is 0 Å². The zero-order chi connectivity index (χ0) is 16.3. The molecule has 0 aromatic rings. The van der Waals surface area contributed by atoms with Crippen LogP contribution in [0.2, 0.25) is 0 Å². The molecule has 20 heavy (non-hydrogen) atoms. The molecule has 0 rings (SSSR count). The van der Waals surface area contributed by atoms with E-state index in [0.29, 0.717) is 0 Å². The first-order valence-corrected chi connectivity index (χ1v) is 5.78. The van der Waals surface area contributed by atoms with Crippen molar-refractivity contribution in [1.29, 1.82) is 0 Å². The molecular formula is C10H24O10. The van der Waals surface area contributed by atoms with E-state index in [2.05, 4.69) is 0 Å². The van der Waals surface area contributed by atoms with E-state index in [-0.39, 0.29) is 0 Å². The Morgan fingerprint density at radius 1 is 0.400 bits per heavy atom. The maximum absolute atomic E-state index is 8.77. The molecule has 0 amide bonds. The second-order valence-corrected chi connectivity index (χ2v) is 3.98. The molecule has 10 N–H and O–H groups in total. The minimum absolute atomic E-state index is 0.641. The zero-order valence-corrected chi connectivity index (χ0v) is 10.8. The van der Waals surface area contributed by atoms with Gasteiger partial charge in [0.25, 0.3) is 0 Å². The molecule has 0 aromatic carbocycles. The van der Waals surface area contributed by atoms with Gasteiger partial charge in [0.05, 0.1) is 26.4 Å². The van der Waals surface area contributed by atoms with Crippen LogP contribution in [0.1, 0.15) is 0 Å². The summed E-state index contributed by atoms with van der Waals surface area (Å²) >= 11 is 0. The average Bonchev–Trinajstić information content (AvgIpc) is 2.50. The van der Waals surface area contributed by atoms with Crippen LogP contribution in [0, 0.1) is 0 Å². The lowest BCUT2D eigenvalue weighted by Crippen LogP contribution is -2.41. The van der Waals surface area contributed by atoms with Gasteiger partial charge < -0.3 is 51.1 Å². The standard InChI is InChI=1S/2C5H12O5/c2*6-1-3(8)5(10)4(9)2-7/h2*3-10H,1-2H2/t3-,4+,5?;3-,4-/m.0/s1. The first kappa shape index (κ1) is 21.9. The maximum atomic E-state index is 8.77. The van der Waals surface area contributed by atoms with Crippen molar-refractivity contribution in [2.45, 2.75) is 36.6 Å². The van der Waals surface area contributed by atoms with E-state index in [1.54, 1.807) is 0 Å². The molecule has 0 heterocycles. The van der Waals surface area contributed by atoms with Gasteiger partial charge in [0.1, 0.15) is 36.6 Å². The van der Waals surface area contributed by atoms with Crippen molar-refractivity contribution >= 4 is 0 Å². The van der Waals surface area contributed by atoms with Gasteiger partial charge in [-0.15, -0.1) is 0 Å². The molecule has 0 fully saturated rings. The van der Waals surface area contributed by atoms with Crippen molar-refractivity contribution in [1.82, 2.24) is 0 Å². The average molecular weight is 304 g/mol. The van der Waals surface area contributed by atoms with Gasteiger partial charge in [-0.25, -0.2) is 0 Å². The van der Waals surface area contributed by atoms with Crippen LogP contribution in [0.4, 0.5) is 0 Å². The van der Waals surface area contributed by atoms with Crippen LogP contribution >= 0.6 is 0 Å². The Labute approximate surface area is 115 Å². The fourth-order valence-electron chi connectivity index (χ4n) is 0.945. The van der Waals surface area contributed by atoms with Gasteiger partial charge >= 0.3 is 0 Å². The summed E-state index contributed by atoms with van der Waals surface area (Å²) in [7, 11) is 0. The lowest BCUT2D eigenvalue weighted by atomic mass is 10.1. The van der Waals surface area contributed by atoms with Gasteiger partial charge in [0.2, 0.25) is 0 Å². The topological polar surface area (TPSA) is 202 Å². The highest BCUT2D eigenvalue weighted by molar-refractivity contribution is 4.73. The lowest BCUT2D eigenvalue weighted by molar-refractivity contribution is -0.0900. The first-order chi connectivity index (χ1) is 9.26. The summed E-state index contributed by atoms with van der Waals surface area (Å²) in [5.41, 5.74) is 0. The number of aliphatic hydroxyl groups excluding tert-OH is 10. The molecule has 0 aliphatic carbocycles. The summed E-state index contributed by atoms with van der Waals surface area (Å²) < 4.78 is 0. The Hall–Kier alpha value is -0.400. The molecular weight excluding hydrogens is 280 g/mol. The third-order valence-corrected chi connectivity index (χ3v) is 2.33. The van der Waals surface area contributed by atoms with Crippen LogP contribution < -0.4 is 0 Å². The van der Waals surface area contributed by atoms with Gasteiger partial charge in [0.15, 0.2) is 0 Å². The molecule has 5 atom stereocenters. The highest BCUT2D eigenvalue weighted by Gasteiger charge is 2.23. The molecule has 10 nitrogen and oxygen atoms in total. The molecule has 0 aliphatic rings. The van der Waals surface area contributed by atoms with E-state index in [1.807, 2.05) is 0 Å². The van der Waals surface area contributed by atoms with E-state index < -0.39 is 63.1 Å². The second kappa shape index (κ2) is 12.3. The van der Waals surface area contributed by atoms with E-state index in [4.69, 9.17) is 51.1 Å². The fourth-order valence-corrected chi connectivity index (χ4v) is 0.945. The molecule has 0 radical (unpaired) electrons. The predicted octanol–water partition coefficient (Wildman–Crippen LogP) is -5.89. The Balaban J connectivity index is 0. The van der Waals surface area contributed by atoms with Crippen LogP contribution in [0.25, 0.3) is 0 Å². The van der Waals surface area contributed by atoms with Crippen molar-refractivity contribution in [3.63, 3.8) is 0 Å². The Kier molecular flexibility index (Phi) is 13.5. The Morgan fingerprint density at radius 3 is 0.650 bits per heavy atom. The summed E-state index contributed by atoms with van der Waals surface area (Å²) in [5, 5.41) is 85.1. The lowest BCUT2D eigenvalue weighted by Gasteiger charge is -2.19. The predicted molar refractivity (Wildman–Crippen MR) is 64.4 cm³/mol. The zero-order valence-electron chi connectivity index (χ0n) is 10.8. The third-order valence-electron chi connectivity index (χ3n) is 2.33. The van der Waals surface area contributed by atoms with Crippen LogP contribution in [-0.4, -0.2) is 114 Å². The van der Waals surface area contributed by atoms with Crippen molar-refractivity contribution < 1.29 is 51.1 Å². The molecule has 0 aliphatic heterocycles. The third kappa shape index (κ3) is 8.71. The molecule has 0 spiro atoms. The van der Waals surface area contributed by atoms with Crippen LogP contribution in [0.3, 0.4) is 0 Å². The number of rotatable bonds is 8. The normalized spacial score (nSPS) is 18.8. The summed E-state index contributed by atoms with van der Waals surface area (Å²) in [6, 6.07) is 0. The van der Waals surface area contributed by atoms with Crippen LogP contribution in [-0.2, 0) is 0 Å². The summed E-state index contributed by atoms with van der Waals surface area (Å²) in [6.07, 6.45) is -8.58. The van der Waals surface area contributed by atoms with Gasteiger partial charge in [-0.1, -0.05) is 0 Å². The SMILES string of the molecule is OC[C@@H](O)C(O)[C@@H](O)CO.OC[C@H](O)C(O)[C@@H](O)CO. The van der Waals surface area contributed by atoms with Gasteiger partial charge in [-0.2, -0.15) is 0 Å². The van der Waals surface area contributed by atoms with Crippen molar-refractivity contribution in [2.75, 3.05) is 26.4 Å². The summed E-state index contributed by atoms with van der Waals surface area (Å²) in [6.45, 7) is -2.56. The quantitative estimate of drug-likeness (QED) is 0.206. The van der Waals surface area contributed by atoms with E-state index in [9.17, 15) is 0 Å². The second-order valence-electron chi connectivity index (χ2n) is 3.98. The molecule has 0 bridgehead atoms. The maximum Gasteiger partial charge on any atom is 0.110 e. The molecule has 1 unspecified atom stereocenters. The molecule has 10 heteroatoms. The van der Waals surface area contributed by atoms with E-state index >= 15 is 0 Å². The highest BCUT2D eigenvalue weighted by Crippen LogP contribution is 1.98. The Bertz CT molecular complexity index is 174. The molecule has 0 aromatic heterocycles. The van der Waals surface area contributed by atoms with Gasteiger partial charge in [-0.05, 0) is 0 Å². The largest absolute Gasteiger partial charge is 0.394 e. The van der Waals surface area contributed by atoms with Crippen LogP contribution in [0.5, 0.6) is 0 Å². The van der Waals surface area contributed by atoms with Gasteiger partial charge in [0, 0.05) is 0 Å². The number of hydrogen-bond acceptors (Lipinski definition) is 10. The van der Waals surface area contributed by atoms with E-state index in [1.165, 1.54) is 0 Å². The van der Waals surface area contributed by atoms with Crippen LogP contribution in [0.15, 0.2) is 0 Å². The van der Waals surface area contributed by atoms with Crippen molar-refractivity contribution in [3.8, 4) is 0 Å². The summed E-state index contributed by atoms with van der Waals surface area (Å²) in [5.74, 6) is 0. The first-order valence-electron chi connectivity index (χ1n) is 5.78. The minimum atomic E-state index is -1.49. The molecule has 0 saturated carbocycles. The molecule has 124 valence electrons. The number of hydrogen-bond donors (Lipinski definition) is 10. The highest BCUT2D eigenvalue weighted by atomic mass is 16.4.